The SMILES string of the molecule is Cc1cc2c(cc1C(=O)CC(=O)c1ccc(C(C)(C)C)cc1)C(C)(C)CC(C)C2(C)C. The van der Waals surface area contributed by atoms with Crippen molar-refractivity contribution in [2.45, 2.75) is 91.4 Å². The summed E-state index contributed by atoms with van der Waals surface area (Å²) in [6.45, 7) is 19.9. The fourth-order valence-electron chi connectivity index (χ4n) is 5.00. The van der Waals surface area contributed by atoms with E-state index in [-0.39, 0.29) is 34.2 Å². The molecule has 0 bridgehead atoms. The van der Waals surface area contributed by atoms with Crippen molar-refractivity contribution < 1.29 is 9.59 Å². The Labute approximate surface area is 188 Å². The molecule has 166 valence electrons. The van der Waals surface area contributed by atoms with E-state index >= 15 is 0 Å². The first-order valence-electron chi connectivity index (χ1n) is 11.5. The van der Waals surface area contributed by atoms with Crippen molar-refractivity contribution in [1.82, 2.24) is 0 Å². The number of hydrogen-bond donors (Lipinski definition) is 0. The predicted octanol–water partition coefficient (Wildman–Crippen LogP) is 7.34. The number of carbonyl (C=O) groups is 2. The molecule has 2 nitrogen and oxygen atoms in total. The van der Waals surface area contributed by atoms with Gasteiger partial charge in [0.05, 0.1) is 6.42 Å². The average molecular weight is 419 g/mol. The third-order valence-electron chi connectivity index (χ3n) is 7.53. The van der Waals surface area contributed by atoms with E-state index in [9.17, 15) is 9.59 Å². The van der Waals surface area contributed by atoms with Crippen LogP contribution in [0.4, 0.5) is 0 Å². The van der Waals surface area contributed by atoms with Gasteiger partial charge < -0.3 is 0 Å². The maximum Gasteiger partial charge on any atom is 0.170 e. The van der Waals surface area contributed by atoms with Gasteiger partial charge in [0.2, 0.25) is 0 Å². The molecule has 31 heavy (non-hydrogen) atoms. The summed E-state index contributed by atoms with van der Waals surface area (Å²) in [5.74, 6) is 0.363. The van der Waals surface area contributed by atoms with Gasteiger partial charge in [0, 0.05) is 11.1 Å². The van der Waals surface area contributed by atoms with Crippen LogP contribution < -0.4 is 0 Å². The molecule has 3 rings (SSSR count). The van der Waals surface area contributed by atoms with Crippen LogP contribution in [-0.2, 0) is 16.2 Å². The van der Waals surface area contributed by atoms with E-state index in [1.165, 1.54) is 16.7 Å². The molecule has 0 radical (unpaired) electrons. The molecule has 0 aromatic heterocycles. The highest BCUT2D eigenvalue weighted by atomic mass is 16.1. The van der Waals surface area contributed by atoms with Crippen molar-refractivity contribution in [3.63, 3.8) is 0 Å². The summed E-state index contributed by atoms with van der Waals surface area (Å²) in [6, 6.07) is 12.0. The average Bonchev–Trinajstić information content (AvgIpc) is 2.65. The highest BCUT2D eigenvalue weighted by molar-refractivity contribution is 6.14. The van der Waals surface area contributed by atoms with Gasteiger partial charge in [-0.2, -0.15) is 0 Å². The van der Waals surface area contributed by atoms with E-state index in [1.807, 2.05) is 31.2 Å². The number of benzene rings is 2. The Balaban J connectivity index is 1.90. The topological polar surface area (TPSA) is 34.1 Å². The molecule has 1 atom stereocenters. The Bertz CT molecular complexity index is 1010. The van der Waals surface area contributed by atoms with Crippen molar-refractivity contribution in [2.75, 3.05) is 0 Å². The van der Waals surface area contributed by atoms with Gasteiger partial charge in [0.25, 0.3) is 0 Å². The zero-order chi connectivity index (χ0) is 23.4. The van der Waals surface area contributed by atoms with Crippen LogP contribution in [0.25, 0.3) is 0 Å². The molecule has 2 heteroatoms. The first-order chi connectivity index (χ1) is 14.1. The second-order valence-electron chi connectivity index (χ2n) is 11.8. The van der Waals surface area contributed by atoms with Crippen molar-refractivity contribution in [2.24, 2.45) is 5.92 Å². The number of fused-ring (bicyclic) bond motifs is 1. The second kappa shape index (κ2) is 7.73. The van der Waals surface area contributed by atoms with Crippen molar-refractivity contribution >= 4 is 11.6 Å². The summed E-state index contributed by atoms with van der Waals surface area (Å²) in [7, 11) is 0. The summed E-state index contributed by atoms with van der Waals surface area (Å²) in [4.78, 5) is 26.0. The van der Waals surface area contributed by atoms with Crippen LogP contribution in [0.1, 0.15) is 111 Å². The van der Waals surface area contributed by atoms with Gasteiger partial charge in [0.15, 0.2) is 11.6 Å². The van der Waals surface area contributed by atoms with Crippen LogP contribution in [0.3, 0.4) is 0 Å². The van der Waals surface area contributed by atoms with E-state index in [0.717, 1.165) is 12.0 Å². The minimum absolute atomic E-state index is 0.0137. The zero-order valence-corrected chi connectivity index (χ0v) is 20.8. The monoisotopic (exact) mass is 418 g/mol. The predicted molar refractivity (Wildman–Crippen MR) is 129 cm³/mol. The normalized spacial score (nSPS) is 19.6. The molecule has 0 saturated carbocycles. The number of carbonyl (C=O) groups excluding carboxylic acids is 2. The van der Waals surface area contributed by atoms with Crippen molar-refractivity contribution in [3.05, 3.63) is 69.8 Å². The van der Waals surface area contributed by atoms with Gasteiger partial charge in [-0.3, -0.25) is 9.59 Å². The molecule has 0 amide bonds. The lowest BCUT2D eigenvalue weighted by Crippen LogP contribution is -2.40. The number of Topliss-reactive ketones (excluding diaryl/α,β-unsaturated/α-hetero) is 2. The van der Waals surface area contributed by atoms with Crippen LogP contribution in [0, 0.1) is 12.8 Å². The summed E-state index contributed by atoms with van der Waals surface area (Å²) in [5, 5.41) is 0. The summed E-state index contributed by atoms with van der Waals surface area (Å²) in [6.07, 6.45) is 0.997. The molecule has 0 spiro atoms. The van der Waals surface area contributed by atoms with E-state index in [2.05, 4.69) is 67.5 Å². The first kappa shape index (κ1) is 23.4. The third-order valence-corrected chi connectivity index (χ3v) is 7.53. The van der Waals surface area contributed by atoms with Gasteiger partial charge in [0.1, 0.15) is 0 Å². The lowest BCUT2D eigenvalue weighted by atomic mass is 9.58. The lowest BCUT2D eigenvalue weighted by molar-refractivity contribution is 0.0893. The lowest BCUT2D eigenvalue weighted by Gasteiger charge is -2.47. The fourth-order valence-corrected chi connectivity index (χ4v) is 5.00. The molecular weight excluding hydrogens is 380 g/mol. The molecule has 2 aromatic carbocycles. The number of aryl methyl sites for hydroxylation is 1. The van der Waals surface area contributed by atoms with Crippen molar-refractivity contribution in [3.8, 4) is 0 Å². The molecule has 0 aliphatic heterocycles. The molecule has 1 aliphatic rings. The minimum Gasteiger partial charge on any atom is -0.294 e. The molecule has 0 N–H and O–H groups in total. The fraction of sp³-hybridized carbons (Fsp3) is 0.517. The third kappa shape index (κ3) is 4.40. The Kier molecular flexibility index (Phi) is 5.84. The van der Waals surface area contributed by atoms with Gasteiger partial charge in [-0.1, -0.05) is 85.7 Å². The molecule has 0 heterocycles. The Morgan fingerprint density at radius 1 is 0.935 bits per heavy atom. The molecule has 1 unspecified atom stereocenters. The molecular formula is C29H38O2. The van der Waals surface area contributed by atoms with Gasteiger partial charge >= 0.3 is 0 Å². The summed E-state index contributed by atoms with van der Waals surface area (Å²) < 4.78 is 0. The number of hydrogen-bond acceptors (Lipinski definition) is 2. The molecule has 1 aliphatic carbocycles. The minimum atomic E-state index is -0.115. The van der Waals surface area contributed by atoms with Crippen LogP contribution in [0.15, 0.2) is 36.4 Å². The number of ketones is 2. The van der Waals surface area contributed by atoms with Gasteiger partial charge in [-0.05, 0) is 63.8 Å². The van der Waals surface area contributed by atoms with Crippen molar-refractivity contribution in [1.29, 1.82) is 0 Å². The molecule has 0 fully saturated rings. The van der Waals surface area contributed by atoms with Crippen LogP contribution in [-0.4, -0.2) is 11.6 Å². The molecule has 2 aromatic rings. The van der Waals surface area contributed by atoms with E-state index in [4.69, 9.17) is 0 Å². The summed E-state index contributed by atoms with van der Waals surface area (Å²) >= 11 is 0. The summed E-state index contributed by atoms with van der Waals surface area (Å²) in [5.41, 5.74) is 6.17. The quantitative estimate of drug-likeness (QED) is 0.384. The standard InChI is InChI=1S/C29H38O2/c1-18-14-24-23(28(6,7)17-19(2)29(24,8)9)15-22(18)26(31)16-25(30)20-10-12-21(13-11-20)27(3,4)5/h10-15,19H,16-17H2,1-9H3. The van der Waals surface area contributed by atoms with Crippen LogP contribution in [0.2, 0.25) is 0 Å². The van der Waals surface area contributed by atoms with Gasteiger partial charge in [-0.25, -0.2) is 0 Å². The molecule has 0 saturated heterocycles. The Hall–Kier alpha value is -2.22. The van der Waals surface area contributed by atoms with Gasteiger partial charge in [-0.15, -0.1) is 0 Å². The smallest absolute Gasteiger partial charge is 0.170 e. The number of rotatable bonds is 4. The zero-order valence-electron chi connectivity index (χ0n) is 20.8. The second-order valence-corrected chi connectivity index (χ2v) is 11.8. The Morgan fingerprint density at radius 2 is 1.52 bits per heavy atom. The van der Waals surface area contributed by atoms with E-state index in [1.54, 1.807) is 0 Å². The highest BCUT2D eigenvalue weighted by Gasteiger charge is 2.42. The van der Waals surface area contributed by atoms with Crippen LogP contribution >= 0.6 is 0 Å². The maximum absolute atomic E-state index is 13.2. The van der Waals surface area contributed by atoms with E-state index < -0.39 is 0 Å². The first-order valence-corrected chi connectivity index (χ1v) is 11.5. The highest BCUT2D eigenvalue weighted by Crippen LogP contribution is 2.49. The Morgan fingerprint density at radius 3 is 2.06 bits per heavy atom. The largest absolute Gasteiger partial charge is 0.294 e. The van der Waals surface area contributed by atoms with Crippen LogP contribution in [0.5, 0.6) is 0 Å². The van der Waals surface area contributed by atoms with E-state index in [0.29, 0.717) is 17.0 Å². The maximum atomic E-state index is 13.2.